The molecule has 1 saturated heterocycles. The average molecular weight is 532 g/mol. The van der Waals surface area contributed by atoms with Gasteiger partial charge in [-0.3, -0.25) is 14.1 Å². The topological polar surface area (TPSA) is 53.1 Å². The van der Waals surface area contributed by atoms with Crippen LogP contribution >= 0.6 is 6.34 Å². The first-order valence-corrected chi connectivity index (χ1v) is 19.3. The monoisotopic (exact) mass is 531 g/mol. The van der Waals surface area contributed by atoms with E-state index in [0.29, 0.717) is 0 Å². The molecule has 0 N–H and O–H groups in total. The molecule has 2 amide bonds. The lowest BCUT2D eigenvalue weighted by atomic mass is 10.0. The minimum Gasteiger partial charge on any atom is -0.447 e. The van der Waals surface area contributed by atoms with Crippen LogP contribution in [0.25, 0.3) is 0 Å². The molecule has 34 heavy (non-hydrogen) atoms. The molecule has 6 nitrogen and oxygen atoms in total. The molecule has 0 bridgehead atoms. The standard InChI is InChI=1S/C25H50N3O3PSSi/c1-16(2)22-15-31-24(30)26(22)23(29)21-14-25(21,34(11,12)13)32(33,27(17(3)4)18(5)6)28(19(7)8)20(9)10/h16-22H,14-15H2,1-13H3/t21-,22-,25+/m0/s1. The third kappa shape index (κ3) is 4.71. The molecule has 198 valence electrons. The second-order valence-electron chi connectivity index (χ2n) is 12.7. The molecule has 0 radical (unpaired) electrons. The fourth-order valence-electron chi connectivity index (χ4n) is 6.46. The van der Waals surface area contributed by atoms with Gasteiger partial charge >= 0.3 is 6.09 Å². The van der Waals surface area contributed by atoms with E-state index < -0.39 is 20.5 Å². The van der Waals surface area contributed by atoms with Gasteiger partial charge in [-0.25, -0.2) is 9.69 Å². The number of rotatable bonds is 10. The predicted molar refractivity (Wildman–Crippen MR) is 150 cm³/mol. The fourth-order valence-corrected chi connectivity index (χ4v) is 22.5. The van der Waals surface area contributed by atoms with Gasteiger partial charge in [0.2, 0.25) is 5.91 Å². The number of imide groups is 1. The minimum atomic E-state index is -2.43. The van der Waals surface area contributed by atoms with Crippen LogP contribution < -0.4 is 0 Å². The molecule has 2 aliphatic rings. The van der Waals surface area contributed by atoms with E-state index in [1.165, 1.54) is 4.90 Å². The summed E-state index contributed by atoms with van der Waals surface area (Å²) < 4.78 is 10.3. The summed E-state index contributed by atoms with van der Waals surface area (Å²) in [4.78, 5) is 28.3. The van der Waals surface area contributed by atoms with E-state index >= 15 is 0 Å². The van der Waals surface area contributed by atoms with Gasteiger partial charge < -0.3 is 4.74 Å². The number of ether oxygens (including phenoxy) is 1. The van der Waals surface area contributed by atoms with Gasteiger partial charge in [-0.05, 0) is 67.7 Å². The summed E-state index contributed by atoms with van der Waals surface area (Å²) in [5.74, 6) is -0.126. The Kier molecular flexibility index (Phi) is 9.02. The highest BCUT2D eigenvalue weighted by molar-refractivity contribution is 8.14. The van der Waals surface area contributed by atoms with Crippen molar-refractivity contribution in [2.75, 3.05) is 6.61 Å². The molecule has 0 spiro atoms. The highest BCUT2D eigenvalue weighted by atomic mass is 32.4. The summed E-state index contributed by atoms with van der Waals surface area (Å²) in [6, 6.07) is 0.840. The van der Waals surface area contributed by atoms with E-state index in [0.717, 1.165) is 6.42 Å². The second-order valence-corrected chi connectivity index (χ2v) is 22.9. The molecular weight excluding hydrogens is 481 g/mol. The lowest BCUT2D eigenvalue weighted by Gasteiger charge is -2.57. The molecule has 0 unspecified atom stereocenters. The Balaban J connectivity index is 2.76. The van der Waals surface area contributed by atoms with Crippen LogP contribution in [-0.2, 0) is 21.3 Å². The summed E-state index contributed by atoms with van der Waals surface area (Å²) in [6.07, 6.45) is -2.14. The molecule has 1 heterocycles. The molecular formula is C25H50N3O3PSSi. The van der Waals surface area contributed by atoms with E-state index in [-0.39, 0.29) is 59.3 Å². The van der Waals surface area contributed by atoms with E-state index in [4.69, 9.17) is 16.5 Å². The van der Waals surface area contributed by atoms with Crippen molar-refractivity contribution in [3.63, 3.8) is 0 Å². The van der Waals surface area contributed by atoms with E-state index in [9.17, 15) is 9.59 Å². The van der Waals surface area contributed by atoms with E-state index in [1.54, 1.807) is 0 Å². The van der Waals surface area contributed by atoms with Gasteiger partial charge in [-0.15, -0.1) is 0 Å². The first-order chi connectivity index (χ1) is 15.4. The Morgan fingerprint density at radius 1 is 0.971 bits per heavy atom. The lowest BCUT2D eigenvalue weighted by molar-refractivity contribution is -0.131. The Hall–Kier alpha value is -0.273. The first kappa shape index (κ1) is 30.0. The summed E-state index contributed by atoms with van der Waals surface area (Å²) in [6.45, 7) is 29.4. The summed E-state index contributed by atoms with van der Waals surface area (Å²) in [5, 5.41) is 0. The molecule has 9 heteroatoms. The summed E-state index contributed by atoms with van der Waals surface area (Å²) >= 11 is 6.99. The van der Waals surface area contributed by atoms with E-state index in [1.807, 2.05) is 0 Å². The largest absolute Gasteiger partial charge is 0.447 e. The number of cyclic esters (lactones) is 1. The third-order valence-corrected chi connectivity index (χ3v) is 21.0. The lowest BCUT2D eigenvalue weighted by Crippen LogP contribution is -2.57. The van der Waals surface area contributed by atoms with Crippen molar-refractivity contribution in [3.05, 3.63) is 0 Å². The average Bonchev–Trinajstić information content (AvgIpc) is 3.30. The van der Waals surface area contributed by atoms with Gasteiger partial charge in [0, 0.05) is 34.9 Å². The number of carbonyl (C=O) groups is 2. The molecule has 2 rings (SSSR count). The normalized spacial score (nSPS) is 26.2. The van der Waals surface area contributed by atoms with Crippen molar-refractivity contribution in [2.24, 2.45) is 11.8 Å². The van der Waals surface area contributed by atoms with Crippen molar-refractivity contribution in [1.29, 1.82) is 0 Å². The molecule has 0 aromatic rings. The SMILES string of the molecule is CC(C)[C@@H]1COC(=O)N1C(=O)[C@@H]1C[C@]1([Si](C)(C)C)P(=S)(N(C(C)C)C(C)C)N(C(C)C)C(C)C. The van der Waals surface area contributed by atoms with Crippen molar-refractivity contribution < 1.29 is 14.3 Å². The van der Waals surface area contributed by atoms with Gasteiger partial charge in [0.05, 0.1) is 20.5 Å². The van der Waals surface area contributed by atoms with Crippen LogP contribution in [0.4, 0.5) is 4.79 Å². The van der Waals surface area contributed by atoms with Crippen LogP contribution in [0.1, 0.15) is 75.7 Å². The molecule has 2 fully saturated rings. The van der Waals surface area contributed by atoms with Crippen LogP contribution in [0, 0.1) is 11.8 Å². The fraction of sp³-hybridized carbons (Fsp3) is 0.920. The first-order valence-electron chi connectivity index (χ1n) is 13.0. The highest BCUT2D eigenvalue weighted by Crippen LogP contribution is 2.80. The molecule has 1 saturated carbocycles. The zero-order valence-electron chi connectivity index (χ0n) is 23.9. The zero-order chi connectivity index (χ0) is 26.5. The smallest absolute Gasteiger partial charge is 0.416 e. The Morgan fingerprint density at radius 3 is 1.71 bits per heavy atom. The number of hydrogen-bond acceptors (Lipinski definition) is 4. The number of carbonyl (C=O) groups excluding carboxylic acids is 2. The predicted octanol–water partition coefficient (Wildman–Crippen LogP) is 6.17. The van der Waals surface area contributed by atoms with Gasteiger partial charge in [0.15, 0.2) is 0 Å². The van der Waals surface area contributed by atoms with Gasteiger partial charge in [-0.2, -0.15) is 0 Å². The van der Waals surface area contributed by atoms with Crippen molar-refractivity contribution >= 4 is 38.2 Å². The third-order valence-electron chi connectivity index (χ3n) is 7.70. The van der Waals surface area contributed by atoms with Crippen LogP contribution in [0.3, 0.4) is 0 Å². The maximum Gasteiger partial charge on any atom is 0.416 e. The highest BCUT2D eigenvalue weighted by Gasteiger charge is 2.75. The molecule has 1 aliphatic heterocycles. The van der Waals surface area contributed by atoms with Crippen LogP contribution in [0.5, 0.6) is 0 Å². The van der Waals surface area contributed by atoms with Crippen molar-refractivity contribution in [3.8, 4) is 0 Å². The second kappa shape index (κ2) is 10.2. The quantitative estimate of drug-likeness (QED) is 0.248. The number of nitrogens with zero attached hydrogens (tertiary/aromatic N) is 3. The molecule has 3 atom stereocenters. The maximum absolute atomic E-state index is 14.1. The van der Waals surface area contributed by atoms with E-state index in [2.05, 4.69) is 98.2 Å². The number of hydrogen-bond donors (Lipinski definition) is 0. The van der Waals surface area contributed by atoms with Crippen LogP contribution in [0.15, 0.2) is 0 Å². The van der Waals surface area contributed by atoms with Gasteiger partial charge in [0.1, 0.15) is 6.61 Å². The Morgan fingerprint density at radius 2 is 1.38 bits per heavy atom. The molecule has 0 aromatic carbocycles. The molecule has 0 aromatic heterocycles. The summed E-state index contributed by atoms with van der Waals surface area (Å²) in [7, 11) is -2.00. The Bertz CT molecular complexity index is 787. The van der Waals surface area contributed by atoms with Gasteiger partial charge in [0.25, 0.3) is 0 Å². The van der Waals surface area contributed by atoms with Crippen LogP contribution in [0.2, 0.25) is 19.6 Å². The summed E-state index contributed by atoms with van der Waals surface area (Å²) in [5.41, 5.74) is 0. The number of amides is 2. The molecule has 1 aliphatic carbocycles. The minimum absolute atomic E-state index is 0.0576. The van der Waals surface area contributed by atoms with Gasteiger partial charge in [-0.1, -0.05) is 45.3 Å². The van der Waals surface area contributed by atoms with Crippen molar-refractivity contribution in [2.45, 2.75) is 130 Å². The van der Waals surface area contributed by atoms with Crippen LogP contribution in [-0.4, -0.2) is 75.9 Å². The maximum atomic E-state index is 14.1. The Labute approximate surface area is 215 Å². The van der Waals surface area contributed by atoms with Crippen molar-refractivity contribution in [1.82, 2.24) is 14.2 Å². The zero-order valence-corrected chi connectivity index (χ0v) is 26.6.